The average molecular weight is 528 g/mol. The SMILES string of the molecule is Cc1c(O)cccc1C(=O)[C@@H](Cc1ccccc1)[C@](N)(O)C(=O)N1CSC(C)(C)[C@H]1C(=O)NC(C)(C)C. The first kappa shape index (κ1) is 28.7. The number of aromatic hydroxyl groups is 1. The molecule has 1 heterocycles. The van der Waals surface area contributed by atoms with Gasteiger partial charge in [0.15, 0.2) is 5.78 Å². The number of benzene rings is 2. The van der Waals surface area contributed by atoms with Gasteiger partial charge in [0.1, 0.15) is 11.8 Å². The summed E-state index contributed by atoms with van der Waals surface area (Å²) in [6.07, 6.45) is -0.0171. The molecule has 5 N–H and O–H groups in total. The zero-order valence-electron chi connectivity index (χ0n) is 22.2. The highest BCUT2D eigenvalue weighted by Gasteiger charge is 2.55. The van der Waals surface area contributed by atoms with Crippen LogP contribution in [0.25, 0.3) is 0 Å². The minimum absolute atomic E-state index is 0.0171. The topological polar surface area (TPSA) is 133 Å². The van der Waals surface area contributed by atoms with Crippen molar-refractivity contribution in [2.45, 2.75) is 70.0 Å². The van der Waals surface area contributed by atoms with Crippen molar-refractivity contribution in [1.82, 2.24) is 10.2 Å². The van der Waals surface area contributed by atoms with Crippen molar-refractivity contribution >= 4 is 29.4 Å². The number of carbonyl (C=O) groups is 3. The van der Waals surface area contributed by atoms with Crippen molar-refractivity contribution in [3.63, 3.8) is 0 Å². The van der Waals surface area contributed by atoms with Gasteiger partial charge in [0, 0.05) is 21.4 Å². The number of Topliss-reactive ketones (excluding diaryl/α,β-unsaturated/α-hetero) is 1. The van der Waals surface area contributed by atoms with Crippen LogP contribution in [0.3, 0.4) is 0 Å². The van der Waals surface area contributed by atoms with Crippen LogP contribution < -0.4 is 11.1 Å². The smallest absolute Gasteiger partial charge is 0.271 e. The van der Waals surface area contributed by atoms with Gasteiger partial charge in [-0.25, -0.2) is 0 Å². The highest BCUT2D eigenvalue weighted by molar-refractivity contribution is 8.00. The van der Waals surface area contributed by atoms with E-state index in [1.54, 1.807) is 31.2 Å². The summed E-state index contributed by atoms with van der Waals surface area (Å²) < 4.78 is -0.651. The highest BCUT2D eigenvalue weighted by Crippen LogP contribution is 2.41. The number of phenols is 1. The van der Waals surface area contributed by atoms with Crippen LogP contribution in [0.2, 0.25) is 0 Å². The zero-order valence-corrected chi connectivity index (χ0v) is 23.1. The molecule has 0 aliphatic carbocycles. The van der Waals surface area contributed by atoms with Crippen molar-refractivity contribution in [2.24, 2.45) is 11.7 Å². The number of amides is 2. The normalized spacial score (nSPS) is 19.7. The van der Waals surface area contributed by atoms with Crippen LogP contribution in [0.15, 0.2) is 48.5 Å². The Bertz CT molecular complexity index is 1170. The van der Waals surface area contributed by atoms with Crippen LogP contribution in [-0.2, 0) is 16.0 Å². The number of ketones is 1. The van der Waals surface area contributed by atoms with Crippen LogP contribution in [0, 0.1) is 12.8 Å². The molecular weight excluding hydrogens is 490 g/mol. The minimum atomic E-state index is -2.62. The molecule has 1 aliphatic heterocycles. The van der Waals surface area contributed by atoms with Crippen LogP contribution in [0.1, 0.15) is 56.1 Å². The summed E-state index contributed by atoms with van der Waals surface area (Å²) in [5.74, 6) is -3.15. The third-order valence-corrected chi connectivity index (χ3v) is 7.97. The number of thioether (sulfide) groups is 1. The van der Waals surface area contributed by atoms with Crippen molar-refractivity contribution in [2.75, 3.05) is 5.88 Å². The standard InChI is InChI=1S/C28H37N3O5S/c1-17-19(13-10-14-21(17)32)22(33)20(15-18-11-8-7-9-12-18)28(29,36)25(35)31-16-37-27(5,6)23(31)24(34)30-26(2,3)4/h7-14,20,23,32,36H,15-16,29H2,1-6H3,(H,30,34)/t20-,23-,28+/m1/s1. The Morgan fingerprint density at radius 3 is 2.35 bits per heavy atom. The molecule has 9 heteroatoms. The second-order valence-electron chi connectivity index (χ2n) is 11.2. The molecule has 8 nitrogen and oxygen atoms in total. The number of hydrogen-bond acceptors (Lipinski definition) is 7. The number of nitrogens with two attached hydrogens (primary N) is 1. The van der Waals surface area contributed by atoms with Gasteiger partial charge in [0.2, 0.25) is 11.6 Å². The van der Waals surface area contributed by atoms with Gasteiger partial charge in [0.05, 0.1) is 11.8 Å². The Labute approximate surface area is 222 Å². The molecule has 2 aromatic rings. The second kappa shape index (κ2) is 10.5. The van der Waals surface area contributed by atoms with E-state index < -0.39 is 39.7 Å². The van der Waals surface area contributed by atoms with E-state index in [-0.39, 0.29) is 29.5 Å². The van der Waals surface area contributed by atoms with E-state index >= 15 is 0 Å². The van der Waals surface area contributed by atoms with Crippen molar-refractivity contribution in [3.05, 3.63) is 65.2 Å². The zero-order chi connectivity index (χ0) is 27.8. The van der Waals surface area contributed by atoms with Gasteiger partial charge in [-0.1, -0.05) is 42.5 Å². The molecule has 2 aromatic carbocycles. The second-order valence-corrected chi connectivity index (χ2v) is 12.8. The number of nitrogens with zero attached hydrogens (tertiary/aromatic N) is 1. The fraction of sp³-hybridized carbons (Fsp3) is 0.464. The summed E-state index contributed by atoms with van der Waals surface area (Å²) in [7, 11) is 0. The lowest BCUT2D eigenvalue weighted by Gasteiger charge is -2.38. The van der Waals surface area contributed by atoms with Gasteiger partial charge in [0.25, 0.3) is 5.91 Å². The molecule has 3 rings (SSSR count). The largest absolute Gasteiger partial charge is 0.508 e. The molecule has 200 valence electrons. The summed E-state index contributed by atoms with van der Waals surface area (Å²) in [5, 5.41) is 24.7. The Balaban J connectivity index is 2.04. The molecule has 0 aromatic heterocycles. The van der Waals surface area contributed by atoms with E-state index in [0.717, 1.165) is 0 Å². The predicted octanol–water partition coefficient (Wildman–Crippen LogP) is 2.98. The Morgan fingerprint density at radius 2 is 1.76 bits per heavy atom. The van der Waals surface area contributed by atoms with Gasteiger partial charge in [-0.2, -0.15) is 0 Å². The quantitative estimate of drug-likeness (QED) is 0.321. The maximum Gasteiger partial charge on any atom is 0.271 e. The number of aliphatic hydroxyl groups is 1. The van der Waals surface area contributed by atoms with E-state index in [9.17, 15) is 24.6 Å². The lowest BCUT2D eigenvalue weighted by atomic mass is 9.81. The first-order valence-electron chi connectivity index (χ1n) is 12.2. The summed E-state index contributed by atoms with van der Waals surface area (Å²) >= 11 is 1.40. The Hall–Kier alpha value is -2.88. The maximum atomic E-state index is 13.9. The molecule has 0 unspecified atom stereocenters. The molecule has 3 atom stereocenters. The molecule has 37 heavy (non-hydrogen) atoms. The third-order valence-electron chi connectivity index (χ3n) is 6.60. The molecule has 1 aliphatic rings. The summed E-state index contributed by atoms with van der Waals surface area (Å²) in [5.41, 5.74) is 4.42. The van der Waals surface area contributed by atoms with Gasteiger partial charge < -0.3 is 20.4 Å². The first-order valence-corrected chi connectivity index (χ1v) is 13.2. The first-order chi connectivity index (χ1) is 17.1. The van der Waals surface area contributed by atoms with Gasteiger partial charge >= 0.3 is 0 Å². The minimum Gasteiger partial charge on any atom is -0.508 e. The lowest BCUT2D eigenvalue weighted by Crippen LogP contribution is -2.66. The maximum absolute atomic E-state index is 13.9. The molecule has 2 amide bonds. The van der Waals surface area contributed by atoms with Crippen molar-refractivity contribution in [1.29, 1.82) is 0 Å². The van der Waals surface area contributed by atoms with Gasteiger partial charge in [-0.15, -0.1) is 11.8 Å². The number of hydrogen-bond donors (Lipinski definition) is 4. The fourth-order valence-corrected chi connectivity index (χ4v) is 5.72. The van der Waals surface area contributed by atoms with E-state index in [1.807, 2.05) is 40.7 Å². The summed E-state index contributed by atoms with van der Waals surface area (Å²) in [4.78, 5) is 42.3. The van der Waals surface area contributed by atoms with Crippen molar-refractivity contribution < 1.29 is 24.6 Å². The monoisotopic (exact) mass is 527 g/mol. The van der Waals surface area contributed by atoms with Crippen molar-refractivity contribution in [3.8, 4) is 5.75 Å². The number of nitrogens with one attached hydrogen (secondary N) is 1. The number of rotatable bonds is 7. The van der Waals surface area contributed by atoms with Gasteiger partial charge in [-0.3, -0.25) is 20.1 Å². The average Bonchev–Trinajstić information content (AvgIpc) is 3.12. The predicted molar refractivity (Wildman–Crippen MR) is 145 cm³/mol. The van der Waals surface area contributed by atoms with Crippen LogP contribution >= 0.6 is 11.8 Å². The van der Waals surface area contributed by atoms with E-state index in [2.05, 4.69) is 5.32 Å². The molecule has 0 spiro atoms. The van der Waals surface area contributed by atoms with Crippen LogP contribution in [-0.4, -0.2) is 60.6 Å². The van der Waals surface area contributed by atoms with Crippen LogP contribution in [0.4, 0.5) is 0 Å². The van der Waals surface area contributed by atoms with Crippen LogP contribution in [0.5, 0.6) is 5.75 Å². The van der Waals surface area contributed by atoms with E-state index in [0.29, 0.717) is 11.1 Å². The third kappa shape index (κ3) is 6.17. The lowest BCUT2D eigenvalue weighted by molar-refractivity contribution is -0.159. The van der Waals surface area contributed by atoms with Gasteiger partial charge in [-0.05, 0) is 59.6 Å². The molecule has 1 fully saturated rings. The molecule has 1 saturated heterocycles. The molecule has 0 radical (unpaired) electrons. The summed E-state index contributed by atoms with van der Waals surface area (Å²) in [6, 6.07) is 12.6. The Morgan fingerprint density at radius 1 is 1.14 bits per heavy atom. The Kier molecular flexibility index (Phi) is 8.12. The highest BCUT2D eigenvalue weighted by atomic mass is 32.2. The molecule has 0 saturated carbocycles. The van der Waals surface area contributed by atoms with E-state index in [4.69, 9.17) is 5.73 Å². The molecular formula is C28H37N3O5S. The fourth-order valence-electron chi connectivity index (χ4n) is 4.59. The number of carbonyl (C=O) groups excluding carboxylic acids is 3. The molecule has 0 bridgehead atoms. The van der Waals surface area contributed by atoms with E-state index in [1.165, 1.54) is 34.9 Å². The number of phenolic OH excluding ortho intramolecular Hbond substituents is 1. The summed E-state index contributed by atoms with van der Waals surface area (Å²) in [6.45, 7) is 10.8.